The molecule has 1 N–H and O–H groups in total. The summed E-state index contributed by atoms with van der Waals surface area (Å²) in [7, 11) is 0. The Kier molecular flexibility index (Phi) is 3.30. The van der Waals surface area contributed by atoms with Crippen LogP contribution < -0.4 is 0 Å². The van der Waals surface area contributed by atoms with Crippen molar-refractivity contribution in [2.24, 2.45) is 0 Å². The summed E-state index contributed by atoms with van der Waals surface area (Å²) in [6, 6.07) is 8.89. The molecule has 1 aromatic heterocycles. The molecule has 0 bridgehead atoms. The maximum Gasteiger partial charge on any atom is 0.0960 e. The lowest BCUT2D eigenvalue weighted by molar-refractivity contribution is 0.270. The highest BCUT2D eigenvalue weighted by molar-refractivity contribution is 5.72. The van der Waals surface area contributed by atoms with Crippen LogP contribution in [0.3, 0.4) is 0 Å². The third-order valence-corrected chi connectivity index (χ3v) is 5.13. The second-order valence-electron chi connectivity index (χ2n) is 6.34. The van der Waals surface area contributed by atoms with E-state index in [-0.39, 0.29) is 12.6 Å². The zero-order valence-electron chi connectivity index (χ0n) is 12.3. The molecule has 1 unspecified atom stereocenters. The topological polar surface area (TPSA) is 38.1 Å². The summed E-state index contributed by atoms with van der Waals surface area (Å²) >= 11 is 0. The first-order valence-electron chi connectivity index (χ1n) is 8.17. The van der Waals surface area contributed by atoms with Gasteiger partial charge in [0.25, 0.3) is 0 Å². The highest BCUT2D eigenvalue weighted by atomic mass is 16.3. The van der Waals surface area contributed by atoms with Gasteiger partial charge in [-0.2, -0.15) is 0 Å². The number of imidazole rings is 1. The molecule has 1 fully saturated rings. The number of rotatable bonds is 3. The van der Waals surface area contributed by atoms with Crippen LogP contribution in [0, 0.1) is 0 Å². The van der Waals surface area contributed by atoms with Crippen LogP contribution in [-0.2, 0) is 0 Å². The summed E-state index contributed by atoms with van der Waals surface area (Å²) in [5.74, 6) is 0.621. The minimum Gasteiger partial charge on any atom is -0.396 e. The van der Waals surface area contributed by atoms with E-state index < -0.39 is 0 Å². The van der Waals surface area contributed by atoms with Crippen LogP contribution in [0.25, 0.3) is 11.3 Å². The van der Waals surface area contributed by atoms with E-state index in [0.717, 1.165) is 6.42 Å². The van der Waals surface area contributed by atoms with E-state index in [4.69, 9.17) is 4.98 Å². The number of aliphatic hydroxyl groups is 1. The molecule has 4 rings (SSSR count). The van der Waals surface area contributed by atoms with Crippen molar-refractivity contribution in [3.8, 4) is 11.3 Å². The van der Waals surface area contributed by atoms with E-state index in [0.29, 0.717) is 5.92 Å². The summed E-state index contributed by atoms with van der Waals surface area (Å²) in [5, 5.41) is 9.40. The van der Waals surface area contributed by atoms with Gasteiger partial charge < -0.3 is 9.67 Å². The van der Waals surface area contributed by atoms with Crippen molar-refractivity contribution in [1.82, 2.24) is 9.55 Å². The van der Waals surface area contributed by atoms with Crippen LogP contribution in [0.2, 0.25) is 0 Å². The minimum absolute atomic E-state index is 0.218. The third-order valence-electron chi connectivity index (χ3n) is 5.13. The number of benzene rings is 1. The number of hydrogen-bond acceptors (Lipinski definition) is 2. The van der Waals surface area contributed by atoms with Gasteiger partial charge in [0.05, 0.1) is 23.8 Å². The van der Waals surface area contributed by atoms with E-state index in [1.165, 1.54) is 54.6 Å². The van der Waals surface area contributed by atoms with Gasteiger partial charge in [-0.05, 0) is 24.8 Å². The van der Waals surface area contributed by atoms with Crippen LogP contribution in [0.15, 0.2) is 30.6 Å². The first-order chi connectivity index (χ1) is 10.4. The fourth-order valence-electron chi connectivity index (χ4n) is 4.13. The van der Waals surface area contributed by atoms with Crippen molar-refractivity contribution in [2.75, 3.05) is 6.61 Å². The lowest BCUT2D eigenvalue weighted by Gasteiger charge is -2.21. The Morgan fingerprint density at radius 3 is 2.76 bits per heavy atom. The van der Waals surface area contributed by atoms with Gasteiger partial charge in [-0.3, -0.25) is 0 Å². The Bertz CT molecular complexity index is 640. The molecule has 110 valence electrons. The zero-order chi connectivity index (χ0) is 14.2. The molecule has 21 heavy (non-hydrogen) atoms. The lowest BCUT2D eigenvalue weighted by atomic mass is 9.85. The van der Waals surface area contributed by atoms with E-state index in [1.807, 2.05) is 6.33 Å². The van der Waals surface area contributed by atoms with Crippen molar-refractivity contribution < 1.29 is 5.11 Å². The summed E-state index contributed by atoms with van der Waals surface area (Å²) in [5.41, 5.74) is 5.29. The monoisotopic (exact) mass is 282 g/mol. The molecule has 3 nitrogen and oxygen atoms in total. The summed E-state index contributed by atoms with van der Waals surface area (Å²) < 4.78 is 2.30. The Morgan fingerprint density at radius 1 is 1.14 bits per heavy atom. The molecule has 3 heteroatoms. The maximum atomic E-state index is 9.40. The lowest BCUT2D eigenvalue weighted by Crippen LogP contribution is -2.07. The summed E-state index contributed by atoms with van der Waals surface area (Å²) in [4.78, 5) is 4.77. The van der Waals surface area contributed by atoms with Crippen LogP contribution in [-0.4, -0.2) is 21.3 Å². The number of fused-ring (bicyclic) bond motifs is 3. The number of aliphatic hydroxyl groups excluding tert-OH is 1. The van der Waals surface area contributed by atoms with Gasteiger partial charge in [0.1, 0.15) is 0 Å². The standard InChI is InChI=1S/C18H22N2O/c21-11-10-16-14-8-4-5-9-15(14)18-17(19-12-20(16)18)13-6-2-1-3-7-13/h4-5,8-9,12-13,16,21H,1-3,6-7,10-11H2. The Labute approximate surface area is 125 Å². The zero-order valence-corrected chi connectivity index (χ0v) is 12.3. The highest BCUT2D eigenvalue weighted by Crippen LogP contribution is 2.46. The van der Waals surface area contributed by atoms with Gasteiger partial charge in [0.15, 0.2) is 0 Å². The molecular weight excluding hydrogens is 260 g/mol. The molecule has 1 aromatic carbocycles. The van der Waals surface area contributed by atoms with Gasteiger partial charge in [-0.1, -0.05) is 43.5 Å². The van der Waals surface area contributed by atoms with Crippen LogP contribution >= 0.6 is 0 Å². The molecule has 0 saturated heterocycles. The van der Waals surface area contributed by atoms with Crippen molar-refractivity contribution in [3.05, 3.63) is 41.9 Å². The Balaban J connectivity index is 1.81. The molecule has 2 heterocycles. The van der Waals surface area contributed by atoms with Crippen LogP contribution in [0.5, 0.6) is 0 Å². The minimum atomic E-state index is 0.218. The smallest absolute Gasteiger partial charge is 0.0960 e. The van der Waals surface area contributed by atoms with Gasteiger partial charge in [-0.15, -0.1) is 0 Å². The molecule has 1 aliphatic carbocycles. The number of nitrogens with zero attached hydrogens (tertiary/aromatic N) is 2. The fraction of sp³-hybridized carbons (Fsp3) is 0.500. The molecule has 0 spiro atoms. The van der Waals surface area contributed by atoms with Crippen molar-refractivity contribution >= 4 is 0 Å². The van der Waals surface area contributed by atoms with Crippen molar-refractivity contribution in [1.29, 1.82) is 0 Å². The van der Waals surface area contributed by atoms with Crippen molar-refractivity contribution in [2.45, 2.75) is 50.5 Å². The highest BCUT2D eigenvalue weighted by Gasteiger charge is 2.33. The molecule has 2 aliphatic rings. The predicted molar refractivity (Wildman–Crippen MR) is 83.3 cm³/mol. The predicted octanol–water partition coefficient (Wildman–Crippen LogP) is 3.88. The second kappa shape index (κ2) is 5.30. The van der Waals surface area contributed by atoms with Gasteiger partial charge >= 0.3 is 0 Å². The van der Waals surface area contributed by atoms with E-state index in [9.17, 15) is 5.11 Å². The first-order valence-corrected chi connectivity index (χ1v) is 8.17. The fourth-order valence-corrected chi connectivity index (χ4v) is 4.13. The van der Waals surface area contributed by atoms with Crippen LogP contribution in [0.4, 0.5) is 0 Å². The van der Waals surface area contributed by atoms with Gasteiger partial charge in [-0.25, -0.2) is 4.98 Å². The van der Waals surface area contributed by atoms with E-state index in [2.05, 4.69) is 28.8 Å². The van der Waals surface area contributed by atoms with E-state index >= 15 is 0 Å². The molecule has 2 aromatic rings. The van der Waals surface area contributed by atoms with Crippen molar-refractivity contribution in [3.63, 3.8) is 0 Å². The number of aromatic nitrogens is 2. The molecule has 1 aliphatic heterocycles. The SMILES string of the molecule is OCCC1c2ccccc2-c2c(C3CCCCC3)ncn21. The molecule has 0 amide bonds. The first kappa shape index (κ1) is 13.1. The second-order valence-corrected chi connectivity index (χ2v) is 6.34. The summed E-state index contributed by atoms with van der Waals surface area (Å²) in [6.07, 6.45) is 9.35. The average molecular weight is 282 g/mol. The number of hydrogen-bond donors (Lipinski definition) is 1. The Hall–Kier alpha value is -1.61. The van der Waals surface area contributed by atoms with E-state index in [1.54, 1.807) is 0 Å². The summed E-state index contributed by atoms with van der Waals surface area (Å²) in [6.45, 7) is 0.218. The third kappa shape index (κ3) is 2.03. The average Bonchev–Trinajstić information content (AvgIpc) is 3.09. The quantitative estimate of drug-likeness (QED) is 0.927. The maximum absolute atomic E-state index is 9.40. The van der Waals surface area contributed by atoms with Gasteiger partial charge in [0, 0.05) is 18.1 Å². The molecule has 0 radical (unpaired) electrons. The molecule has 1 atom stereocenters. The molecule has 1 saturated carbocycles. The molecular formula is C18H22N2O. The largest absolute Gasteiger partial charge is 0.396 e. The van der Waals surface area contributed by atoms with Gasteiger partial charge in [0.2, 0.25) is 0 Å². The van der Waals surface area contributed by atoms with Crippen LogP contribution in [0.1, 0.15) is 61.7 Å². The Morgan fingerprint density at radius 2 is 1.95 bits per heavy atom. The normalized spacial score (nSPS) is 21.3.